The highest BCUT2D eigenvalue weighted by Crippen LogP contribution is 2.28. The van der Waals surface area contributed by atoms with Crippen molar-refractivity contribution in [2.24, 2.45) is 0 Å². The maximum atomic E-state index is 12.7. The fourth-order valence-corrected chi connectivity index (χ4v) is 3.69. The van der Waals surface area contributed by atoms with Gasteiger partial charge in [-0.1, -0.05) is 12.1 Å². The van der Waals surface area contributed by atoms with Crippen LogP contribution in [0.3, 0.4) is 0 Å². The number of anilines is 1. The molecular formula is C18H19N3O2S. The lowest BCUT2D eigenvalue weighted by molar-refractivity contribution is 0.103. The molecule has 0 aliphatic rings. The number of rotatable bonds is 3. The van der Waals surface area contributed by atoms with Gasteiger partial charge in [0.05, 0.1) is 16.6 Å². The molecule has 1 N–H and O–H groups in total. The molecule has 0 spiro atoms. The number of nitrogens with zero attached hydrogens (tertiary/aromatic N) is 2. The van der Waals surface area contributed by atoms with Crippen LogP contribution in [0.5, 0.6) is 0 Å². The van der Waals surface area contributed by atoms with Crippen molar-refractivity contribution >= 4 is 33.1 Å². The van der Waals surface area contributed by atoms with Gasteiger partial charge in [-0.05, 0) is 50.5 Å². The Morgan fingerprint density at radius 1 is 1.29 bits per heavy atom. The van der Waals surface area contributed by atoms with E-state index in [4.69, 9.17) is 0 Å². The summed E-state index contributed by atoms with van der Waals surface area (Å²) >= 11 is 1.26. The van der Waals surface area contributed by atoms with E-state index in [9.17, 15) is 9.59 Å². The zero-order valence-corrected chi connectivity index (χ0v) is 15.0. The molecule has 0 aliphatic carbocycles. The van der Waals surface area contributed by atoms with Gasteiger partial charge in [-0.3, -0.25) is 14.2 Å². The maximum absolute atomic E-state index is 12.7. The molecular weight excluding hydrogens is 322 g/mol. The Labute approximate surface area is 144 Å². The maximum Gasteiger partial charge on any atom is 0.266 e. The average molecular weight is 341 g/mol. The summed E-state index contributed by atoms with van der Waals surface area (Å²) in [4.78, 5) is 30.6. The first-order valence-electron chi connectivity index (χ1n) is 7.79. The predicted octanol–water partition coefficient (Wildman–Crippen LogP) is 3.66. The number of carbonyl (C=O) groups excluding carboxylic acids is 1. The summed E-state index contributed by atoms with van der Waals surface area (Å²) in [6.07, 6.45) is 1.53. The molecule has 2 aromatic heterocycles. The third-order valence-corrected chi connectivity index (χ3v) is 5.30. The van der Waals surface area contributed by atoms with Crippen LogP contribution in [0.1, 0.15) is 33.3 Å². The number of nitrogens with one attached hydrogen (secondary N) is 1. The quantitative estimate of drug-likeness (QED) is 0.791. The van der Waals surface area contributed by atoms with Crippen LogP contribution in [-0.2, 0) is 6.54 Å². The SMILES string of the molecule is CCn1cnc2sc(C(=O)Nc3cc(C)ccc3C)c(C)c2c1=O. The molecule has 6 heteroatoms. The second-order valence-corrected chi connectivity index (χ2v) is 6.84. The molecule has 3 rings (SSSR count). The summed E-state index contributed by atoms with van der Waals surface area (Å²) < 4.78 is 1.55. The molecule has 5 nitrogen and oxygen atoms in total. The van der Waals surface area contributed by atoms with Gasteiger partial charge in [-0.15, -0.1) is 11.3 Å². The molecule has 3 aromatic rings. The normalized spacial score (nSPS) is 11.0. The number of amides is 1. The molecule has 124 valence electrons. The van der Waals surface area contributed by atoms with Crippen LogP contribution < -0.4 is 10.9 Å². The lowest BCUT2D eigenvalue weighted by atomic mass is 10.1. The van der Waals surface area contributed by atoms with E-state index < -0.39 is 0 Å². The molecule has 0 saturated carbocycles. The number of carbonyl (C=O) groups is 1. The number of aryl methyl sites for hydroxylation is 4. The molecule has 2 heterocycles. The fraction of sp³-hybridized carbons (Fsp3) is 0.278. The first-order valence-corrected chi connectivity index (χ1v) is 8.61. The van der Waals surface area contributed by atoms with E-state index in [1.54, 1.807) is 11.5 Å². The number of hydrogen-bond donors (Lipinski definition) is 1. The number of benzene rings is 1. The van der Waals surface area contributed by atoms with E-state index in [2.05, 4.69) is 10.3 Å². The highest BCUT2D eigenvalue weighted by atomic mass is 32.1. The topological polar surface area (TPSA) is 64.0 Å². The molecule has 0 radical (unpaired) electrons. The molecule has 24 heavy (non-hydrogen) atoms. The van der Waals surface area contributed by atoms with Crippen LogP contribution in [0, 0.1) is 20.8 Å². The Morgan fingerprint density at radius 2 is 2.04 bits per heavy atom. The summed E-state index contributed by atoms with van der Waals surface area (Å²) in [6, 6.07) is 5.93. The van der Waals surface area contributed by atoms with Gasteiger partial charge in [-0.2, -0.15) is 0 Å². The van der Waals surface area contributed by atoms with Crippen molar-refractivity contribution in [2.75, 3.05) is 5.32 Å². The van der Waals surface area contributed by atoms with Crippen molar-refractivity contribution in [3.8, 4) is 0 Å². The Hall–Kier alpha value is -2.47. The summed E-state index contributed by atoms with van der Waals surface area (Å²) in [5.41, 5.74) is 3.46. The van der Waals surface area contributed by atoms with Gasteiger partial charge in [0.2, 0.25) is 0 Å². The van der Waals surface area contributed by atoms with Gasteiger partial charge in [0, 0.05) is 12.2 Å². The third kappa shape index (κ3) is 2.73. The molecule has 1 amide bonds. The van der Waals surface area contributed by atoms with E-state index in [0.717, 1.165) is 16.8 Å². The van der Waals surface area contributed by atoms with E-state index >= 15 is 0 Å². The van der Waals surface area contributed by atoms with Crippen molar-refractivity contribution in [3.63, 3.8) is 0 Å². The average Bonchev–Trinajstić information content (AvgIpc) is 2.89. The Morgan fingerprint density at radius 3 is 2.75 bits per heavy atom. The first kappa shape index (κ1) is 16.4. The van der Waals surface area contributed by atoms with E-state index in [0.29, 0.717) is 27.2 Å². The largest absolute Gasteiger partial charge is 0.321 e. The second-order valence-electron chi connectivity index (χ2n) is 5.84. The van der Waals surface area contributed by atoms with Gasteiger partial charge >= 0.3 is 0 Å². The second kappa shape index (κ2) is 6.20. The number of aromatic nitrogens is 2. The lowest BCUT2D eigenvalue weighted by Crippen LogP contribution is -2.19. The predicted molar refractivity (Wildman–Crippen MR) is 98.2 cm³/mol. The monoisotopic (exact) mass is 341 g/mol. The zero-order chi connectivity index (χ0) is 17.4. The minimum absolute atomic E-state index is 0.0953. The Bertz CT molecular complexity index is 1000. The van der Waals surface area contributed by atoms with Gasteiger partial charge in [0.1, 0.15) is 4.83 Å². The number of fused-ring (bicyclic) bond motifs is 1. The van der Waals surface area contributed by atoms with Crippen molar-refractivity contribution in [2.45, 2.75) is 34.2 Å². The van der Waals surface area contributed by atoms with E-state index in [1.165, 1.54) is 17.7 Å². The third-order valence-electron chi connectivity index (χ3n) is 4.11. The van der Waals surface area contributed by atoms with Gasteiger partial charge in [-0.25, -0.2) is 4.98 Å². The van der Waals surface area contributed by atoms with Crippen molar-refractivity contribution in [1.29, 1.82) is 0 Å². The summed E-state index contributed by atoms with van der Waals surface area (Å²) in [7, 11) is 0. The van der Waals surface area contributed by atoms with Crippen LogP contribution in [0.2, 0.25) is 0 Å². The van der Waals surface area contributed by atoms with Crippen LogP contribution >= 0.6 is 11.3 Å². The molecule has 1 aromatic carbocycles. The summed E-state index contributed by atoms with van der Waals surface area (Å²) in [5, 5.41) is 3.49. The lowest BCUT2D eigenvalue weighted by Gasteiger charge is -2.08. The smallest absolute Gasteiger partial charge is 0.266 e. The highest BCUT2D eigenvalue weighted by Gasteiger charge is 2.19. The van der Waals surface area contributed by atoms with Crippen molar-refractivity contribution in [1.82, 2.24) is 9.55 Å². The Balaban J connectivity index is 2.05. The van der Waals surface area contributed by atoms with E-state index in [-0.39, 0.29) is 11.5 Å². The minimum atomic E-state index is -0.202. The van der Waals surface area contributed by atoms with Crippen molar-refractivity contribution < 1.29 is 4.79 Å². The standard InChI is InChI=1S/C18H19N3O2S/c1-5-21-9-19-17-14(18(21)23)12(4)15(24-17)16(22)20-13-8-10(2)6-7-11(13)3/h6-9H,5H2,1-4H3,(H,20,22). The van der Waals surface area contributed by atoms with Gasteiger partial charge in [0.15, 0.2) is 0 Å². The van der Waals surface area contributed by atoms with Crippen LogP contribution in [0.25, 0.3) is 10.2 Å². The Kier molecular flexibility index (Phi) is 4.24. The molecule has 0 aliphatic heterocycles. The van der Waals surface area contributed by atoms with Crippen LogP contribution in [0.4, 0.5) is 5.69 Å². The number of thiophene rings is 1. The number of hydrogen-bond acceptors (Lipinski definition) is 4. The molecule has 0 fully saturated rings. The van der Waals surface area contributed by atoms with Crippen molar-refractivity contribution in [3.05, 3.63) is 56.4 Å². The first-order chi connectivity index (χ1) is 11.4. The molecule has 0 saturated heterocycles. The van der Waals surface area contributed by atoms with Crippen LogP contribution in [0.15, 0.2) is 29.3 Å². The van der Waals surface area contributed by atoms with Gasteiger partial charge < -0.3 is 5.32 Å². The highest BCUT2D eigenvalue weighted by molar-refractivity contribution is 7.20. The molecule has 0 atom stereocenters. The molecule has 0 unspecified atom stereocenters. The minimum Gasteiger partial charge on any atom is -0.321 e. The van der Waals surface area contributed by atoms with E-state index in [1.807, 2.05) is 39.0 Å². The zero-order valence-electron chi connectivity index (χ0n) is 14.1. The fourth-order valence-electron chi connectivity index (χ4n) is 2.65. The van der Waals surface area contributed by atoms with Gasteiger partial charge in [0.25, 0.3) is 11.5 Å². The summed E-state index contributed by atoms with van der Waals surface area (Å²) in [5.74, 6) is -0.202. The van der Waals surface area contributed by atoms with Crippen LogP contribution in [-0.4, -0.2) is 15.5 Å². The summed E-state index contributed by atoms with van der Waals surface area (Å²) in [6.45, 7) is 8.19. The molecule has 0 bridgehead atoms.